The van der Waals surface area contributed by atoms with Crippen LogP contribution in [0.3, 0.4) is 0 Å². The largest absolute Gasteiger partial charge is 0.398 e. The van der Waals surface area contributed by atoms with Gasteiger partial charge in [0.1, 0.15) is 0 Å². The lowest BCUT2D eigenvalue weighted by Gasteiger charge is -2.08. The smallest absolute Gasteiger partial charge is 0.272 e. The molecule has 104 valence electrons. The second-order valence-corrected chi connectivity index (χ2v) is 5.67. The van der Waals surface area contributed by atoms with Gasteiger partial charge in [-0.25, -0.2) is 0 Å². The first-order valence-electron chi connectivity index (χ1n) is 6.21. The average molecular weight is 288 g/mol. The Morgan fingerprint density at radius 3 is 2.65 bits per heavy atom. The Morgan fingerprint density at radius 2 is 2.00 bits per heavy atom. The lowest BCUT2D eigenvalue weighted by atomic mass is 10.1. The van der Waals surface area contributed by atoms with Crippen molar-refractivity contribution in [3.8, 4) is 0 Å². The highest BCUT2D eigenvalue weighted by molar-refractivity contribution is 7.98. The van der Waals surface area contributed by atoms with Crippen LogP contribution in [0.5, 0.6) is 0 Å². The topological polar surface area (TPSA) is 69.2 Å². The van der Waals surface area contributed by atoms with Crippen LogP contribution in [-0.4, -0.2) is 4.92 Å². The summed E-state index contributed by atoms with van der Waals surface area (Å²) in [6, 6.07) is 11.1. The zero-order valence-corrected chi connectivity index (χ0v) is 12.2. The van der Waals surface area contributed by atoms with Crippen LogP contribution in [0.25, 0.3) is 0 Å². The van der Waals surface area contributed by atoms with Crippen LogP contribution in [0, 0.1) is 24.0 Å². The molecule has 0 atom stereocenters. The van der Waals surface area contributed by atoms with Crippen LogP contribution >= 0.6 is 11.8 Å². The van der Waals surface area contributed by atoms with Gasteiger partial charge >= 0.3 is 0 Å². The van der Waals surface area contributed by atoms with Crippen LogP contribution in [0.2, 0.25) is 0 Å². The Balaban J connectivity index is 2.19. The molecule has 0 saturated carbocycles. The standard InChI is InChI=1S/C15H16N2O2S/c1-10-6-7-15(13(16)8-10)20-9-12-4-3-5-14(11(12)2)17(18)19/h3-8H,9,16H2,1-2H3. The van der Waals surface area contributed by atoms with Crippen molar-refractivity contribution in [3.63, 3.8) is 0 Å². The Kier molecular flexibility index (Phi) is 4.29. The van der Waals surface area contributed by atoms with Crippen molar-refractivity contribution in [2.75, 3.05) is 5.73 Å². The van der Waals surface area contributed by atoms with Crippen LogP contribution < -0.4 is 5.73 Å². The molecule has 0 fully saturated rings. The van der Waals surface area contributed by atoms with Crippen molar-refractivity contribution in [2.45, 2.75) is 24.5 Å². The maximum absolute atomic E-state index is 10.9. The molecule has 0 aliphatic rings. The number of nitro benzene ring substituents is 1. The molecule has 2 N–H and O–H groups in total. The fraction of sp³-hybridized carbons (Fsp3) is 0.200. The molecule has 2 rings (SSSR count). The van der Waals surface area contributed by atoms with Gasteiger partial charge in [0.05, 0.1) is 4.92 Å². The fourth-order valence-corrected chi connectivity index (χ4v) is 2.99. The molecule has 0 aliphatic carbocycles. The number of thioether (sulfide) groups is 1. The zero-order valence-electron chi connectivity index (χ0n) is 11.4. The summed E-state index contributed by atoms with van der Waals surface area (Å²) in [5.41, 5.74) is 9.69. The first kappa shape index (κ1) is 14.4. The summed E-state index contributed by atoms with van der Waals surface area (Å²) in [6.45, 7) is 3.78. The maximum atomic E-state index is 10.9. The molecule has 0 unspecified atom stereocenters. The van der Waals surface area contributed by atoms with E-state index < -0.39 is 0 Å². The van der Waals surface area contributed by atoms with E-state index in [1.807, 2.05) is 31.2 Å². The first-order chi connectivity index (χ1) is 9.49. The van der Waals surface area contributed by atoms with Gasteiger partial charge in [-0.3, -0.25) is 10.1 Å². The van der Waals surface area contributed by atoms with Gasteiger partial charge < -0.3 is 5.73 Å². The summed E-state index contributed by atoms with van der Waals surface area (Å²) in [4.78, 5) is 11.6. The van der Waals surface area contributed by atoms with E-state index in [9.17, 15) is 10.1 Å². The minimum absolute atomic E-state index is 0.167. The maximum Gasteiger partial charge on any atom is 0.272 e. The number of nitrogens with two attached hydrogens (primary N) is 1. The SMILES string of the molecule is Cc1ccc(SCc2cccc([N+](=O)[O-])c2C)c(N)c1. The van der Waals surface area contributed by atoms with Gasteiger partial charge in [0.2, 0.25) is 0 Å². The molecular formula is C15H16N2O2S. The van der Waals surface area contributed by atoms with Crippen LogP contribution in [-0.2, 0) is 5.75 Å². The fourth-order valence-electron chi connectivity index (χ4n) is 1.98. The summed E-state index contributed by atoms with van der Waals surface area (Å²) < 4.78 is 0. The van der Waals surface area contributed by atoms with Crippen molar-refractivity contribution in [3.05, 3.63) is 63.2 Å². The van der Waals surface area contributed by atoms with Crippen molar-refractivity contribution in [1.29, 1.82) is 0 Å². The Hall–Kier alpha value is -2.01. The quantitative estimate of drug-likeness (QED) is 0.398. The molecule has 20 heavy (non-hydrogen) atoms. The van der Waals surface area contributed by atoms with E-state index in [1.165, 1.54) is 6.07 Å². The monoisotopic (exact) mass is 288 g/mol. The van der Waals surface area contributed by atoms with Crippen LogP contribution in [0.4, 0.5) is 11.4 Å². The molecule has 0 aliphatic heterocycles. The molecule has 0 heterocycles. The van der Waals surface area contributed by atoms with Crippen LogP contribution in [0.15, 0.2) is 41.3 Å². The van der Waals surface area contributed by atoms with E-state index in [2.05, 4.69) is 0 Å². The van der Waals surface area contributed by atoms with Gasteiger partial charge in [-0.05, 0) is 37.1 Å². The summed E-state index contributed by atoms with van der Waals surface area (Å²) in [7, 11) is 0. The molecule has 0 saturated heterocycles. The third kappa shape index (κ3) is 3.11. The first-order valence-corrected chi connectivity index (χ1v) is 7.19. The third-order valence-electron chi connectivity index (χ3n) is 3.16. The number of anilines is 1. The van der Waals surface area contributed by atoms with Crippen molar-refractivity contribution >= 4 is 23.1 Å². The minimum atomic E-state index is -0.344. The molecule has 0 spiro atoms. The van der Waals surface area contributed by atoms with Gasteiger partial charge in [0.15, 0.2) is 0 Å². The van der Waals surface area contributed by atoms with E-state index >= 15 is 0 Å². The number of nitro groups is 1. The molecule has 2 aromatic rings. The highest BCUT2D eigenvalue weighted by Gasteiger charge is 2.13. The number of hydrogen-bond donors (Lipinski definition) is 1. The highest BCUT2D eigenvalue weighted by Crippen LogP contribution is 2.31. The van der Waals surface area contributed by atoms with Crippen molar-refractivity contribution < 1.29 is 4.92 Å². The van der Waals surface area contributed by atoms with E-state index in [0.29, 0.717) is 5.75 Å². The number of rotatable bonds is 4. The van der Waals surface area contributed by atoms with Gasteiger partial charge in [0.25, 0.3) is 5.69 Å². The molecule has 5 heteroatoms. The van der Waals surface area contributed by atoms with Gasteiger partial charge in [-0.1, -0.05) is 18.2 Å². The number of nitrogens with zero attached hydrogens (tertiary/aromatic N) is 1. The van der Waals surface area contributed by atoms with Gasteiger partial charge in [0, 0.05) is 28.0 Å². The Morgan fingerprint density at radius 1 is 1.25 bits per heavy atom. The predicted octanol–water partition coefficient (Wildman–Crippen LogP) is 4.09. The minimum Gasteiger partial charge on any atom is -0.398 e. The Labute approximate surface area is 122 Å². The van der Waals surface area contributed by atoms with E-state index in [1.54, 1.807) is 24.8 Å². The molecule has 0 aromatic heterocycles. The molecule has 0 radical (unpaired) electrons. The molecule has 0 bridgehead atoms. The molecular weight excluding hydrogens is 272 g/mol. The summed E-state index contributed by atoms with van der Waals surface area (Å²) >= 11 is 1.60. The summed E-state index contributed by atoms with van der Waals surface area (Å²) in [5.74, 6) is 0.667. The number of nitrogen functional groups attached to an aromatic ring is 1. The van der Waals surface area contributed by atoms with E-state index in [-0.39, 0.29) is 10.6 Å². The zero-order chi connectivity index (χ0) is 14.7. The normalized spacial score (nSPS) is 10.5. The molecule has 4 nitrogen and oxygen atoms in total. The second-order valence-electron chi connectivity index (χ2n) is 4.65. The highest BCUT2D eigenvalue weighted by atomic mass is 32.2. The van der Waals surface area contributed by atoms with E-state index in [0.717, 1.165) is 27.3 Å². The lowest BCUT2D eigenvalue weighted by molar-refractivity contribution is -0.385. The van der Waals surface area contributed by atoms with Crippen LogP contribution in [0.1, 0.15) is 16.7 Å². The number of hydrogen-bond acceptors (Lipinski definition) is 4. The average Bonchev–Trinajstić information content (AvgIpc) is 2.39. The van der Waals surface area contributed by atoms with Gasteiger partial charge in [-0.15, -0.1) is 11.8 Å². The second kappa shape index (κ2) is 5.96. The Bertz CT molecular complexity index is 656. The number of benzene rings is 2. The predicted molar refractivity (Wildman–Crippen MR) is 83.0 cm³/mol. The van der Waals surface area contributed by atoms with E-state index in [4.69, 9.17) is 5.73 Å². The summed E-state index contributed by atoms with van der Waals surface area (Å²) in [5, 5.41) is 10.9. The van der Waals surface area contributed by atoms with Crippen molar-refractivity contribution in [1.82, 2.24) is 0 Å². The van der Waals surface area contributed by atoms with Crippen molar-refractivity contribution in [2.24, 2.45) is 0 Å². The summed E-state index contributed by atoms with van der Waals surface area (Å²) in [6.07, 6.45) is 0. The molecule has 0 amide bonds. The lowest BCUT2D eigenvalue weighted by Crippen LogP contribution is -1.96. The third-order valence-corrected chi connectivity index (χ3v) is 4.30. The van der Waals surface area contributed by atoms with Gasteiger partial charge in [-0.2, -0.15) is 0 Å². The molecule has 2 aromatic carbocycles. The number of aryl methyl sites for hydroxylation is 1.